The number of carbonyl (C=O) groups is 1. The SMILES string of the molecule is O=C(Nc1ncc(Cc2cccc(Cl)c2Cl)s1)c1cccc(-n2cnnn2)c1. The van der Waals surface area contributed by atoms with Crippen molar-refractivity contribution in [3.8, 4) is 5.69 Å². The lowest BCUT2D eigenvalue weighted by atomic mass is 10.1. The number of thiazole rings is 1. The molecule has 28 heavy (non-hydrogen) atoms. The van der Waals surface area contributed by atoms with Crippen LogP contribution in [-0.4, -0.2) is 31.1 Å². The van der Waals surface area contributed by atoms with Gasteiger partial charge in [0.1, 0.15) is 6.33 Å². The van der Waals surface area contributed by atoms with Gasteiger partial charge in [0.05, 0.1) is 15.7 Å². The molecule has 1 N–H and O–H groups in total. The minimum atomic E-state index is -0.267. The van der Waals surface area contributed by atoms with Crippen molar-refractivity contribution in [1.29, 1.82) is 0 Å². The molecule has 0 saturated heterocycles. The van der Waals surface area contributed by atoms with Gasteiger partial charge in [-0.15, -0.1) is 16.4 Å². The second kappa shape index (κ2) is 8.05. The number of hydrogen-bond acceptors (Lipinski definition) is 6. The summed E-state index contributed by atoms with van der Waals surface area (Å²) in [6, 6.07) is 12.5. The molecular formula is C18H12Cl2N6OS. The van der Waals surface area contributed by atoms with Crippen LogP contribution in [0.25, 0.3) is 5.69 Å². The summed E-state index contributed by atoms with van der Waals surface area (Å²) in [6.07, 6.45) is 3.77. The fourth-order valence-corrected chi connectivity index (χ4v) is 3.78. The molecule has 4 aromatic rings. The minimum Gasteiger partial charge on any atom is -0.298 e. The molecule has 0 unspecified atom stereocenters. The van der Waals surface area contributed by atoms with E-state index in [9.17, 15) is 4.79 Å². The highest BCUT2D eigenvalue weighted by Gasteiger charge is 2.12. The Morgan fingerprint density at radius 2 is 2.04 bits per heavy atom. The molecule has 0 aliphatic rings. The molecule has 0 spiro atoms. The smallest absolute Gasteiger partial charge is 0.257 e. The Kier molecular flexibility index (Phi) is 5.34. The van der Waals surface area contributed by atoms with Gasteiger partial charge in [-0.2, -0.15) is 0 Å². The van der Waals surface area contributed by atoms with Gasteiger partial charge in [-0.1, -0.05) is 41.4 Å². The number of hydrogen-bond donors (Lipinski definition) is 1. The first kappa shape index (κ1) is 18.5. The molecule has 2 aromatic heterocycles. The maximum absolute atomic E-state index is 12.6. The second-order valence-corrected chi connectivity index (χ2v) is 7.68. The summed E-state index contributed by atoms with van der Waals surface area (Å²) in [6.45, 7) is 0. The third-order valence-electron chi connectivity index (χ3n) is 3.89. The van der Waals surface area contributed by atoms with Gasteiger partial charge in [-0.3, -0.25) is 10.1 Å². The third-order valence-corrected chi connectivity index (χ3v) is 5.66. The quantitative estimate of drug-likeness (QED) is 0.510. The van der Waals surface area contributed by atoms with Crippen molar-refractivity contribution >= 4 is 45.6 Å². The third kappa shape index (κ3) is 4.04. The highest BCUT2D eigenvalue weighted by molar-refractivity contribution is 7.15. The molecule has 0 aliphatic carbocycles. The zero-order chi connectivity index (χ0) is 19.5. The Morgan fingerprint density at radius 3 is 2.86 bits per heavy atom. The molecule has 0 bridgehead atoms. The summed E-state index contributed by atoms with van der Waals surface area (Å²) in [5.41, 5.74) is 2.07. The Labute approximate surface area is 173 Å². The number of aromatic nitrogens is 5. The van der Waals surface area contributed by atoms with Crippen LogP contribution in [0.15, 0.2) is 55.0 Å². The van der Waals surface area contributed by atoms with E-state index in [2.05, 4.69) is 25.8 Å². The van der Waals surface area contributed by atoms with Crippen molar-refractivity contribution in [1.82, 2.24) is 25.2 Å². The van der Waals surface area contributed by atoms with Crippen LogP contribution in [0, 0.1) is 0 Å². The molecule has 10 heteroatoms. The number of carbonyl (C=O) groups excluding carboxylic acids is 1. The van der Waals surface area contributed by atoms with E-state index in [-0.39, 0.29) is 5.91 Å². The lowest BCUT2D eigenvalue weighted by molar-refractivity contribution is 0.102. The number of anilines is 1. The lowest BCUT2D eigenvalue weighted by Crippen LogP contribution is -2.12. The zero-order valence-corrected chi connectivity index (χ0v) is 16.5. The number of amides is 1. The van der Waals surface area contributed by atoms with E-state index in [0.717, 1.165) is 10.4 Å². The van der Waals surface area contributed by atoms with Gasteiger partial charge in [0, 0.05) is 23.1 Å². The predicted molar refractivity (Wildman–Crippen MR) is 108 cm³/mol. The normalized spacial score (nSPS) is 10.8. The number of benzene rings is 2. The van der Waals surface area contributed by atoms with Crippen LogP contribution in [0.1, 0.15) is 20.8 Å². The standard InChI is InChI=1S/C18H12Cl2N6OS/c19-15-6-2-3-11(16(15)20)8-14-9-21-18(28-14)23-17(27)12-4-1-5-13(7-12)26-10-22-24-25-26/h1-7,9-10H,8H2,(H,21,23,27). The van der Waals surface area contributed by atoms with Crippen LogP contribution in [0.4, 0.5) is 5.13 Å². The van der Waals surface area contributed by atoms with E-state index >= 15 is 0 Å². The maximum Gasteiger partial charge on any atom is 0.257 e. The Hall–Kier alpha value is -2.81. The monoisotopic (exact) mass is 430 g/mol. The van der Waals surface area contributed by atoms with E-state index < -0.39 is 0 Å². The maximum atomic E-state index is 12.6. The van der Waals surface area contributed by atoms with Gasteiger partial charge in [-0.05, 0) is 40.3 Å². The van der Waals surface area contributed by atoms with Gasteiger partial charge < -0.3 is 0 Å². The molecular weight excluding hydrogens is 419 g/mol. The van der Waals surface area contributed by atoms with Crippen molar-refractivity contribution in [3.05, 3.63) is 81.0 Å². The van der Waals surface area contributed by atoms with Crippen LogP contribution < -0.4 is 5.32 Å². The van der Waals surface area contributed by atoms with Crippen molar-refractivity contribution in [2.24, 2.45) is 0 Å². The molecule has 4 rings (SSSR count). The number of rotatable bonds is 5. The van der Waals surface area contributed by atoms with E-state index in [1.54, 1.807) is 30.5 Å². The summed E-state index contributed by atoms with van der Waals surface area (Å²) in [4.78, 5) is 17.8. The van der Waals surface area contributed by atoms with Crippen molar-refractivity contribution in [2.45, 2.75) is 6.42 Å². The van der Waals surface area contributed by atoms with Gasteiger partial charge in [0.25, 0.3) is 5.91 Å². The van der Waals surface area contributed by atoms with Crippen LogP contribution in [0.2, 0.25) is 10.0 Å². The molecule has 0 saturated carbocycles. The summed E-state index contributed by atoms with van der Waals surface area (Å²) in [5, 5.41) is 15.4. The van der Waals surface area contributed by atoms with Gasteiger partial charge >= 0.3 is 0 Å². The summed E-state index contributed by atoms with van der Waals surface area (Å²) in [7, 11) is 0. The van der Waals surface area contributed by atoms with E-state index in [1.807, 2.05) is 18.2 Å². The van der Waals surface area contributed by atoms with Crippen LogP contribution in [0.3, 0.4) is 0 Å². The Balaban J connectivity index is 1.47. The average Bonchev–Trinajstić information content (AvgIpc) is 3.38. The van der Waals surface area contributed by atoms with E-state index in [4.69, 9.17) is 23.2 Å². The number of nitrogens with one attached hydrogen (secondary N) is 1. The van der Waals surface area contributed by atoms with Gasteiger partial charge in [-0.25, -0.2) is 9.67 Å². The highest BCUT2D eigenvalue weighted by Crippen LogP contribution is 2.29. The van der Waals surface area contributed by atoms with Crippen molar-refractivity contribution in [3.63, 3.8) is 0 Å². The molecule has 0 aliphatic heterocycles. The van der Waals surface area contributed by atoms with Crippen molar-refractivity contribution < 1.29 is 4.79 Å². The van der Waals surface area contributed by atoms with Crippen LogP contribution >= 0.6 is 34.5 Å². The summed E-state index contributed by atoms with van der Waals surface area (Å²) in [5.74, 6) is -0.267. The summed E-state index contributed by atoms with van der Waals surface area (Å²) < 4.78 is 1.48. The number of nitrogens with zero attached hydrogens (tertiary/aromatic N) is 5. The molecule has 0 atom stereocenters. The fourth-order valence-electron chi connectivity index (χ4n) is 2.56. The highest BCUT2D eigenvalue weighted by atomic mass is 35.5. The van der Waals surface area contributed by atoms with Gasteiger partial charge in [0.2, 0.25) is 0 Å². The molecule has 140 valence electrons. The molecule has 0 radical (unpaired) electrons. The predicted octanol–water partition coefficient (Wildman–Crippen LogP) is 4.27. The summed E-state index contributed by atoms with van der Waals surface area (Å²) >= 11 is 13.7. The van der Waals surface area contributed by atoms with Crippen LogP contribution in [0.5, 0.6) is 0 Å². The first-order chi connectivity index (χ1) is 13.6. The largest absolute Gasteiger partial charge is 0.298 e. The molecule has 0 fully saturated rings. The van der Waals surface area contributed by atoms with Crippen molar-refractivity contribution in [2.75, 3.05) is 5.32 Å². The minimum absolute atomic E-state index is 0.267. The average molecular weight is 431 g/mol. The molecule has 7 nitrogen and oxygen atoms in total. The lowest BCUT2D eigenvalue weighted by Gasteiger charge is -2.04. The topological polar surface area (TPSA) is 85.6 Å². The van der Waals surface area contributed by atoms with Crippen LogP contribution in [-0.2, 0) is 6.42 Å². The zero-order valence-electron chi connectivity index (χ0n) is 14.2. The first-order valence-corrected chi connectivity index (χ1v) is 9.70. The van der Waals surface area contributed by atoms with E-state index in [0.29, 0.717) is 32.8 Å². The number of halogens is 2. The molecule has 2 heterocycles. The Morgan fingerprint density at radius 1 is 1.18 bits per heavy atom. The van der Waals surface area contributed by atoms with Gasteiger partial charge in [0.15, 0.2) is 5.13 Å². The fraction of sp³-hybridized carbons (Fsp3) is 0.0556. The Bertz CT molecular complexity index is 1130. The first-order valence-electron chi connectivity index (χ1n) is 8.12. The number of tetrazole rings is 1. The van der Waals surface area contributed by atoms with E-state index in [1.165, 1.54) is 22.3 Å². The molecule has 1 amide bonds. The second-order valence-electron chi connectivity index (χ2n) is 5.78. The molecule has 2 aromatic carbocycles.